The van der Waals surface area contributed by atoms with Gasteiger partial charge in [0.1, 0.15) is 24.7 Å². The van der Waals surface area contributed by atoms with Gasteiger partial charge in [-0.3, -0.25) is 14.4 Å². The Kier molecular flexibility index (Phi) is 12.6. The SMILES string of the molecule is CC(C)[C@H]1COC([C@H](C)NC(=O)[C@@H](Cc2ccccc2)NC(=O)[C@@H]2CCCN2C(=O)C[C@@H](c2ccccc2)P(=S)(c2ccccc2)c2ccccc2)=N1. The first-order valence-electron chi connectivity index (χ1n) is 18.6. The van der Waals surface area contributed by atoms with E-state index in [0.717, 1.165) is 21.7 Å². The van der Waals surface area contributed by atoms with Gasteiger partial charge in [0.15, 0.2) is 0 Å². The molecular formula is C43H49N4O4PS. The molecule has 0 spiro atoms. The van der Waals surface area contributed by atoms with Gasteiger partial charge in [-0.25, -0.2) is 4.99 Å². The van der Waals surface area contributed by atoms with Crippen LogP contribution in [0.25, 0.3) is 0 Å². The molecule has 8 nitrogen and oxygen atoms in total. The fourth-order valence-electron chi connectivity index (χ4n) is 7.25. The Hall–Kier alpha value is -4.59. The number of nitrogens with one attached hydrogen (secondary N) is 2. The third-order valence-corrected chi connectivity index (χ3v) is 15.8. The Bertz CT molecular complexity index is 1880. The van der Waals surface area contributed by atoms with Crippen LogP contribution in [0.3, 0.4) is 0 Å². The molecule has 1 fully saturated rings. The van der Waals surface area contributed by atoms with Crippen LogP contribution >= 0.6 is 6.04 Å². The molecule has 0 radical (unpaired) electrons. The van der Waals surface area contributed by atoms with E-state index in [1.165, 1.54) is 0 Å². The van der Waals surface area contributed by atoms with Crippen molar-refractivity contribution in [1.29, 1.82) is 0 Å². The van der Waals surface area contributed by atoms with E-state index in [4.69, 9.17) is 16.5 Å². The molecule has 2 aliphatic rings. The molecule has 0 saturated carbocycles. The Morgan fingerprint density at radius 3 is 1.96 bits per heavy atom. The van der Waals surface area contributed by atoms with E-state index in [-0.39, 0.29) is 35.8 Å². The van der Waals surface area contributed by atoms with Gasteiger partial charge in [0.25, 0.3) is 0 Å². The molecular weight excluding hydrogens is 700 g/mol. The lowest BCUT2D eigenvalue weighted by molar-refractivity contribution is -0.139. The topological polar surface area (TPSA) is 100 Å². The van der Waals surface area contributed by atoms with Crippen LogP contribution in [0.5, 0.6) is 0 Å². The minimum atomic E-state index is -2.59. The second-order valence-electron chi connectivity index (χ2n) is 14.3. The van der Waals surface area contributed by atoms with Crippen LogP contribution in [-0.2, 0) is 37.3 Å². The number of ether oxygens (including phenoxy) is 1. The summed E-state index contributed by atoms with van der Waals surface area (Å²) in [7, 11) is 0. The minimum Gasteiger partial charge on any atom is -0.477 e. The summed E-state index contributed by atoms with van der Waals surface area (Å²) < 4.78 is 5.83. The fraction of sp³-hybridized carbons (Fsp3) is 0.349. The van der Waals surface area contributed by atoms with Gasteiger partial charge in [0, 0.05) is 31.1 Å². The Balaban J connectivity index is 1.24. The van der Waals surface area contributed by atoms with E-state index in [1.807, 2.05) is 91.9 Å². The van der Waals surface area contributed by atoms with Crippen LogP contribution in [0.4, 0.5) is 0 Å². The van der Waals surface area contributed by atoms with Gasteiger partial charge < -0.3 is 20.3 Å². The maximum atomic E-state index is 14.5. The van der Waals surface area contributed by atoms with Gasteiger partial charge in [0.05, 0.1) is 6.04 Å². The van der Waals surface area contributed by atoms with Gasteiger partial charge in [-0.05, 0) is 47.4 Å². The standard InChI is InChI=1S/C43H49N4O4PS/c1-30(2)37-29-51-43(46-37)31(3)44-41(49)36(27-32-17-8-4-9-18-32)45-42(50)38-25-16-26-47(38)40(48)28-39(33-19-10-5-11-20-33)52(53,34-21-12-6-13-22-34)35-23-14-7-15-24-35/h4-15,17-24,30-31,36-39H,16,25-29H2,1-3H3,(H,44,49)(H,45,50)/t31-,36+,37+,38-,39-/m0/s1. The third-order valence-electron chi connectivity index (χ3n) is 10.3. The van der Waals surface area contributed by atoms with Crippen molar-refractivity contribution >= 4 is 52.1 Å². The van der Waals surface area contributed by atoms with E-state index < -0.39 is 24.2 Å². The first-order chi connectivity index (χ1) is 25.6. The van der Waals surface area contributed by atoms with Crippen LogP contribution in [-0.4, -0.2) is 65.8 Å². The molecule has 0 aliphatic carbocycles. The summed E-state index contributed by atoms with van der Waals surface area (Å²) in [5.41, 5.74) is 1.61. The monoisotopic (exact) mass is 748 g/mol. The number of benzene rings is 4. The van der Waals surface area contributed by atoms with Gasteiger partial charge in [0.2, 0.25) is 23.6 Å². The number of hydrogen-bond donors (Lipinski definition) is 2. The molecule has 5 atom stereocenters. The maximum Gasteiger partial charge on any atom is 0.243 e. The molecule has 1 saturated heterocycles. The van der Waals surface area contributed by atoms with Crippen molar-refractivity contribution in [3.05, 3.63) is 132 Å². The minimum absolute atomic E-state index is 0.0462. The van der Waals surface area contributed by atoms with Gasteiger partial charge in [-0.15, -0.1) is 0 Å². The Morgan fingerprint density at radius 2 is 1.40 bits per heavy atom. The predicted octanol–water partition coefficient (Wildman–Crippen LogP) is 5.92. The second-order valence-corrected chi connectivity index (χ2v) is 19.0. The molecule has 53 heavy (non-hydrogen) atoms. The van der Waals surface area contributed by atoms with Gasteiger partial charge in [-0.2, -0.15) is 0 Å². The molecule has 4 aromatic carbocycles. The second kappa shape index (κ2) is 17.5. The lowest BCUT2D eigenvalue weighted by Gasteiger charge is -2.34. The zero-order valence-electron chi connectivity index (χ0n) is 30.6. The number of likely N-dealkylation sites (tertiary alicyclic amines) is 1. The summed E-state index contributed by atoms with van der Waals surface area (Å²) in [6.45, 7) is 6.97. The number of carbonyl (C=O) groups is 3. The Labute approximate surface area is 318 Å². The summed E-state index contributed by atoms with van der Waals surface area (Å²) in [5.74, 6) is 0.0261. The number of carbonyl (C=O) groups excluding carboxylic acids is 3. The molecule has 6 rings (SSSR count). The van der Waals surface area contributed by atoms with Crippen LogP contribution in [0.15, 0.2) is 126 Å². The van der Waals surface area contributed by atoms with E-state index in [0.29, 0.717) is 44.2 Å². The van der Waals surface area contributed by atoms with E-state index in [9.17, 15) is 14.4 Å². The van der Waals surface area contributed by atoms with Crippen molar-refractivity contribution in [3.63, 3.8) is 0 Å². The average Bonchev–Trinajstić information content (AvgIpc) is 3.90. The summed E-state index contributed by atoms with van der Waals surface area (Å²) in [6.07, 6.45) is 1.64. The van der Waals surface area contributed by atoms with Crippen molar-refractivity contribution in [2.24, 2.45) is 10.9 Å². The van der Waals surface area contributed by atoms with Crippen LogP contribution < -0.4 is 21.2 Å². The fourth-order valence-corrected chi connectivity index (χ4v) is 11.8. The normalized spacial score (nSPS) is 18.8. The molecule has 4 aromatic rings. The molecule has 0 aromatic heterocycles. The largest absolute Gasteiger partial charge is 0.477 e. The summed E-state index contributed by atoms with van der Waals surface area (Å²) in [4.78, 5) is 49.0. The van der Waals surface area contributed by atoms with Gasteiger partial charge in [-0.1, -0.05) is 147 Å². The van der Waals surface area contributed by atoms with Crippen molar-refractivity contribution in [3.8, 4) is 0 Å². The zero-order valence-corrected chi connectivity index (χ0v) is 32.3. The smallest absolute Gasteiger partial charge is 0.243 e. The van der Waals surface area contributed by atoms with Crippen molar-refractivity contribution in [2.75, 3.05) is 13.2 Å². The highest BCUT2D eigenvalue weighted by Gasteiger charge is 2.40. The zero-order chi connectivity index (χ0) is 37.4. The van der Waals surface area contributed by atoms with E-state index >= 15 is 0 Å². The summed E-state index contributed by atoms with van der Waals surface area (Å²) >= 11 is 6.75. The molecule has 10 heteroatoms. The van der Waals surface area contributed by atoms with Crippen molar-refractivity contribution < 1.29 is 19.1 Å². The van der Waals surface area contributed by atoms with Crippen molar-refractivity contribution in [1.82, 2.24) is 15.5 Å². The number of hydrogen-bond acceptors (Lipinski definition) is 6. The highest BCUT2D eigenvalue weighted by Crippen LogP contribution is 2.59. The third kappa shape index (κ3) is 8.97. The first kappa shape index (κ1) is 38.1. The average molecular weight is 749 g/mol. The lowest BCUT2D eigenvalue weighted by Crippen LogP contribution is -2.55. The molecule has 276 valence electrons. The lowest BCUT2D eigenvalue weighted by atomic mass is 10.0. The predicted molar refractivity (Wildman–Crippen MR) is 217 cm³/mol. The number of nitrogens with zero attached hydrogens (tertiary/aromatic N) is 2. The number of rotatable bonds is 14. The molecule has 2 heterocycles. The maximum absolute atomic E-state index is 14.5. The van der Waals surface area contributed by atoms with E-state index in [1.54, 1.807) is 4.90 Å². The van der Waals surface area contributed by atoms with E-state index in [2.05, 4.69) is 65.9 Å². The van der Waals surface area contributed by atoms with Crippen LogP contribution in [0, 0.1) is 5.92 Å². The molecule has 3 amide bonds. The summed E-state index contributed by atoms with van der Waals surface area (Å²) in [5, 5.41) is 8.14. The highest BCUT2D eigenvalue weighted by atomic mass is 32.4. The van der Waals surface area contributed by atoms with Gasteiger partial charge >= 0.3 is 0 Å². The van der Waals surface area contributed by atoms with Crippen LogP contribution in [0.1, 0.15) is 56.8 Å². The number of aliphatic imine (C=N–C) groups is 1. The molecule has 0 unspecified atom stereocenters. The van der Waals surface area contributed by atoms with Crippen LogP contribution in [0.2, 0.25) is 0 Å². The summed E-state index contributed by atoms with van der Waals surface area (Å²) in [6, 6.07) is 35.4. The molecule has 0 bridgehead atoms. The molecule has 2 N–H and O–H groups in total. The first-order valence-corrected chi connectivity index (χ1v) is 21.4. The Morgan fingerprint density at radius 1 is 0.830 bits per heavy atom. The van der Waals surface area contributed by atoms with Crippen molar-refractivity contribution in [2.45, 2.75) is 76.3 Å². The quantitative estimate of drug-likeness (QED) is 0.156. The molecule has 2 aliphatic heterocycles. The highest BCUT2D eigenvalue weighted by molar-refractivity contribution is 8.22. The number of amides is 3.